The molecule has 0 fully saturated rings. The molecule has 8 nitrogen and oxygen atoms in total. The van der Waals surface area contributed by atoms with E-state index >= 15 is 0 Å². The van der Waals surface area contributed by atoms with E-state index in [1.54, 1.807) is 24.3 Å². The van der Waals surface area contributed by atoms with Gasteiger partial charge >= 0.3 is 5.97 Å². The fourth-order valence-corrected chi connectivity index (χ4v) is 6.88. The predicted molar refractivity (Wildman–Crippen MR) is 185 cm³/mol. The van der Waals surface area contributed by atoms with Crippen LogP contribution in [-0.4, -0.2) is 30.9 Å². The van der Waals surface area contributed by atoms with Crippen molar-refractivity contribution < 1.29 is 23.7 Å². The molecule has 5 aromatic rings. The molecule has 0 bridgehead atoms. The summed E-state index contributed by atoms with van der Waals surface area (Å²) in [7, 11) is 1.30. The molecule has 4 aromatic carbocycles. The summed E-state index contributed by atoms with van der Waals surface area (Å²) in [6, 6.07) is 21.5. The maximum absolute atomic E-state index is 14.3. The molecular formula is C36H30Cl2N2O6S. The number of hydrogen-bond acceptors (Lipinski definition) is 8. The average molecular weight is 690 g/mol. The first-order chi connectivity index (χ1) is 22.8. The van der Waals surface area contributed by atoms with Gasteiger partial charge in [0.25, 0.3) is 5.56 Å². The largest absolute Gasteiger partial charge is 0.490 e. The van der Waals surface area contributed by atoms with Gasteiger partial charge in [0.15, 0.2) is 16.3 Å². The van der Waals surface area contributed by atoms with Crippen LogP contribution in [0.15, 0.2) is 94.4 Å². The zero-order chi connectivity index (χ0) is 33.1. The summed E-state index contributed by atoms with van der Waals surface area (Å²) in [4.78, 5) is 32.3. The van der Waals surface area contributed by atoms with E-state index in [4.69, 9.17) is 42.1 Å². The van der Waals surface area contributed by atoms with E-state index in [0.29, 0.717) is 55.4 Å². The van der Waals surface area contributed by atoms with Gasteiger partial charge in [-0.05, 0) is 66.6 Å². The number of hydrogen-bond donors (Lipinski definition) is 0. The summed E-state index contributed by atoms with van der Waals surface area (Å²) < 4.78 is 25.0. The molecule has 1 aliphatic rings. The molecule has 1 atom stereocenters. The number of ether oxygens (including phenoxy) is 4. The maximum atomic E-state index is 14.3. The second kappa shape index (κ2) is 14.0. The lowest BCUT2D eigenvalue weighted by atomic mass is 9.97. The molecule has 0 aliphatic carbocycles. The Morgan fingerprint density at radius 3 is 2.47 bits per heavy atom. The van der Waals surface area contributed by atoms with Gasteiger partial charge in [0, 0.05) is 27.4 Å². The van der Waals surface area contributed by atoms with Crippen LogP contribution in [0.25, 0.3) is 16.8 Å². The summed E-state index contributed by atoms with van der Waals surface area (Å²) in [5.74, 6) is 1.05. The molecule has 0 saturated heterocycles. The fourth-order valence-electron chi connectivity index (χ4n) is 5.46. The number of nitrogens with zero attached hydrogens (tertiary/aromatic N) is 2. The number of benzene rings is 4. The van der Waals surface area contributed by atoms with Crippen LogP contribution in [0.1, 0.15) is 36.6 Å². The summed E-state index contributed by atoms with van der Waals surface area (Å²) in [5, 5.41) is 2.91. The van der Waals surface area contributed by atoms with Crippen molar-refractivity contribution in [3.63, 3.8) is 0 Å². The van der Waals surface area contributed by atoms with Gasteiger partial charge in [0.1, 0.15) is 12.4 Å². The zero-order valence-electron chi connectivity index (χ0n) is 25.8. The molecule has 11 heteroatoms. The van der Waals surface area contributed by atoms with Gasteiger partial charge in [-0.1, -0.05) is 77.0 Å². The predicted octanol–water partition coefficient (Wildman–Crippen LogP) is 6.85. The summed E-state index contributed by atoms with van der Waals surface area (Å²) in [6.45, 7) is 4.82. The quantitative estimate of drug-likeness (QED) is 0.149. The first-order valence-corrected chi connectivity index (χ1v) is 16.5. The number of carbonyl (C=O) groups excluding carboxylic acids is 1. The molecule has 0 spiro atoms. The second-order valence-corrected chi connectivity index (χ2v) is 12.3. The van der Waals surface area contributed by atoms with Crippen LogP contribution in [0.3, 0.4) is 0 Å². The molecule has 0 unspecified atom stereocenters. The van der Waals surface area contributed by atoms with Gasteiger partial charge in [-0.15, -0.1) is 0 Å². The van der Waals surface area contributed by atoms with Gasteiger partial charge in [0.05, 0.1) is 36.5 Å². The smallest absolute Gasteiger partial charge is 0.337 e. The summed E-state index contributed by atoms with van der Waals surface area (Å²) in [6.07, 6.45) is 3.28. The molecule has 2 heterocycles. The van der Waals surface area contributed by atoms with Gasteiger partial charge in [0.2, 0.25) is 0 Å². The highest BCUT2D eigenvalue weighted by molar-refractivity contribution is 7.07. The Kier molecular flexibility index (Phi) is 9.68. The number of halogens is 2. The van der Waals surface area contributed by atoms with Gasteiger partial charge in [-0.2, -0.15) is 0 Å². The normalized spacial score (nSPS) is 14.3. The SMILES string of the molecule is CCOc1ccc([C@H]2C(C(=O)OC)=CN=c3s/c(=C/c4c(OCc5ccc(Cl)cc5Cl)ccc5ccccc45)c(=O)n32)cc1OCC. The van der Waals surface area contributed by atoms with Crippen LogP contribution in [0, 0.1) is 0 Å². The fraction of sp³-hybridized carbons (Fsp3) is 0.194. The van der Waals surface area contributed by atoms with Gasteiger partial charge < -0.3 is 18.9 Å². The first-order valence-electron chi connectivity index (χ1n) is 14.9. The highest BCUT2D eigenvalue weighted by Crippen LogP contribution is 2.35. The highest BCUT2D eigenvalue weighted by Gasteiger charge is 2.31. The molecule has 0 N–H and O–H groups in total. The molecule has 1 aromatic heterocycles. The average Bonchev–Trinajstić information content (AvgIpc) is 3.39. The molecule has 240 valence electrons. The monoisotopic (exact) mass is 688 g/mol. The Hall–Kier alpha value is -4.57. The number of methoxy groups -OCH3 is 1. The molecule has 0 radical (unpaired) electrons. The van der Waals surface area contributed by atoms with Crippen molar-refractivity contribution in [3.8, 4) is 17.2 Å². The van der Waals surface area contributed by atoms with Crippen LogP contribution >= 0.6 is 34.5 Å². The van der Waals surface area contributed by atoms with E-state index in [0.717, 1.165) is 21.9 Å². The number of aromatic nitrogens is 1. The van der Waals surface area contributed by atoms with E-state index in [1.807, 2.05) is 68.5 Å². The summed E-state index contributed by atoms with van der Waals surface area (Å²) in [5.41, 5.74) is 2.03. The van der Waals surface area contributed by atoms with Crippen LogP contribution in [-0.2, 0) is 16.1 Å². The lowest BCUT2D eigenvalue weighted by Crippen LogP contribution is -2.39. The van der Waals surface area contributed by atoms with Crippen molar-refractivity contribution in [2.75, 3.05) is 20.3 Å². The van der Waals surface area contributed by atoms with Crippen LogP contribution in [0.4, 0.5) is 0 Å². The maximum Gasteiger partial charge on any atom is 0.337 e. The number of esters is 1. The van der Waals surface area contributed by atoms with E-state index in [2.05, 4.69) is 4.99 Å². The first kappa shape index (κ1) is 32.4. The Labute approximate surface area is 284 Å². The third-order valence-electron chi connectivity index (χ3n) is 7.61. The molecule has 47 heavy (non-hydrogen) atoms. The van der Waals surface area contributed by atoms with Crippen molar-refractivity contribution in [2.45, 2.75) is 26.5 Å². The van der Waals surface area contributed by atoms with E-state index in [9.17, 15) is 9.59 Å². The van der Waals surface area contributed by atoms with E-state index < -0.39 is 12.0 Å². The van der Waals surface area contributed by atoms with Crippen molar-refractivity contribution >= 4 is 57.4 Å². The third-order valence-corrected chi connectivity index (χ3v) is 9.20. The van der Waals surface area contributed by atoms with Crippen molar-refractivity contribution in [3.05, 3.63) is 131 Å². The Bertz CT molecular complexity index is 2210. The molecular weight excluding hydrogens is 659 g/mol. The lowest BCUT2D eigenvalue weighted by molar-refractivity contribution is -0.136. The molecule has 6 rings (SSSR count). The topological polar surface area (TPSA) is 88.4 Å². The third kappa shape index (κ3) is 6.52. The van der Waals surface area contributed by atoms with E-state index in [1.165, 1.54) is 29.2 Å². The van der Waals surface area contributed by atoms with Crippen LogP contribution < -0.4 is 29.1 Å². The minimum Gasteiger partial charge on any atom is -0.490 e. The number of rotatable bonds is 10. The van der Waals surface area contributed by atoms with Gasteiger partial charge in [-0.25, -0.2) is 9.79 Å². The number of carbonyl (C=O) groups is 1. The minimum atomic E-state index is -0.814. The zero-order valence-corrected chi connectivity index (χ0v) is 28.1. The van der Waals surface area contributed by atoms with Crippen LogP contribution in [0.2, 0.25) is 10.0 Å². The summed E-state index contributed by atoms with van der Waals surface area (Å²) >= 11 is 13.7. The van der Waals surface area contributed by atoms with E-state index in [-0.39, 0.29) is 17.7 Å². The van der Waals surface area contributed by atoms with Crippen molar-refractivity contribution in [1.82, 2.24) is 4.57 Å². The second-order valence-electron chi connectivity index (χ2n) is 10.5. The number of thiazole rings is 1. The lowest BCUT2D eigenvalue weighted by Gasteiger charge is -2.23. The van der Waals surface area contributed by atoms with Crippen LogP contribution in [0.5, 0.6) is 17.2 Å². The molecule has 0 amide bonds. The Balaban J connectivity index is 1.50. The number of fused-ring (bicyclic) bond motifs is 2. The Morgan fingerprint density at radius 2 is 1.70 bits per heavy atom. The highest BCUT2D eigenvalue weighted by atomic mass is 35.5. The Morgan fingerprint density at radius 1 is 0.936 bits per heavy atom. The minimum absolute atomic E-state index is 0.193. The molecule has 1 aliphatic heterocycles. The van der Waals surface area contributed by atoms with Crippen molar-refractivity contribution in [1.29, 1.82) is 0 Å². The van der Waals surface area contributed by atoms with Crippen molar-refractivity contribution in [2.24, 2.45) is 4.99 Å². The molecule has 0 saturated carbocycles. The van der Waals surface area contributed by atoms with Gasteiger partial charge in [-0.3, -0.25) is 9.36 Å². The standard InChI is InChI=1S/C36H30Cl2N2O6S/c1-4-44-30-15-12-22(16-31(30)45-5-2)33-27(35(42)43-3)19-39-36-40(33)34(41)32(47-36)18-26-25-9-7-6-8-21(25)11-14-29(26)46-20-23-10-13-24(37)17-28(23)38/h6-19,33H,4-5,20H2,1-3H3/b32-18+/t33-/m0/s1.